The SMILES string of the molecule is C/C(=N/NC(=O)/C(=C/c1ccc(N(C)C)cc1)NC(=O)c1cccc(F)c1)c1cccc([N+](=O)[O-])c1. The Morgan fingerprint density at radius 3 is 2.31 bits per heavy atom. The average molecular weight is 490 g/mol. The second-order valence-electron chi connectivity index (χ2n) is 7.95. The Balaban J connectivity index is 1.88. The molecule has 3 aromatic rings. The molecule has 2 amide bonds. The van der Waals surface area contributed by atoms with E-state index in [9.17, 15) is 24.1 Å². The summed E-state index contributed by atoms with van der Waals surface area (Å²) in [6.45, 7) is 1.58. The molecule has 0 radical (unpaired) electrons. The number of benzene rings is 3. The van der Waals surface area contributed by atoms with E-state index in [1.807, 2.05) is 31.1 Å². The molecule has 10 heteroatoms. The first-order chi connectivity index (χ1) is 17.1. The van der Waals surface area contributed by atoms with E-state index in [0.29, 0.717) is 16.8 Å². The first-order valence-electron chi connectivity index (χ1n) is 10.8. The molecule has 0 heterocycles. The summed E-state index contributed by atoms with van der Waals surface area (Å²) in [5, 5.41) is 17.6. The van der Waals surface area contributed by atoms with Crippen LogP contribution in [0.25, 0.3) is 6.08 Å². The number of halogens is 1. The summed E-state index contributed by atoms with van der Waals surface area (Å²) in [6.07, 6.45) is 1.46. The van der Waals surface area contributed by atoms with Crippen molar-refractivity contribution in [3.63, 3.8) is 0 Å². The average Bonchev–Trinajstić information content (AvgIpc) is 2.87. The molecule has 0 bridgehead atoms. The Morgan fingerprint density at radius 1 is 1.00 bits per heavy atom. The van der Waals surface area contributed by atoms with Crippen LogP contribution in [0.15, 0.2) is 83.6 Å². The van der Waals surface area contributed by atoms with Crippen molar-refractivity contribution in [2.24, 2.45) is 5.10 Å². The van der Waals surface area contributed by atoms with E-state index in [2.05, 4.69) is 15.8 Å². The predicted octanol–water partition coefficient (Wildman–Crippen LogP) is 4.11. The van der Waals surface area contributed by atoms with Gasteiger partial charge in [-0.25, -0.2) is 9.82 Å². The summed E-state index contributed by atoms with van der Waals surface area (Å²) < 4.78 is 13.6. The minimum Gasteiger partial charge on any atom is -0.378 e. The molecule has 0 unspecified atom stereocenters. The lowest BCUT2D eigenvalue weighted by atomic mass is 10.1. The lowest BCUT2D eigenvalue weighted by molar-refractivity contribution is -0.384. The molecule has 0 aliphatic carbocycles. The summed E-state index contributed by atoms with van der Waals surface area (Å²) in [6, 6.07) is 18.1. The van der Waals surface area contributed by atoms with E-state index in [4.69, 9.17) is 0 Å². The zero-order chi connectivity index (χ0) is 26.2. The number of nitro groups is 1. The number of nitrogens with one attached hydrogen (secondary N) is 2. The fourth-order valence-electron chi connectivity index (χ4n) is 3.12. The van der Waals surface area contributed by atoms with Gasteiger partial charge in [-0.3, -0.25) is 19.7 Å². The number of anilines is 1. The Morgan fingerprint density at radius 2 is 1.67 bits per heavy atom. The number of non-ortho nitro benzene ring substituents is 1. The van der Waals surface area contributed by atoms with Crippen LogP contribution in [-0.2, 0) is 4.79 Å². The number of carbonyl (C=O) groups is 2. The van der Waals surface area contributed by atoms with Gasteiger partial charge in [0.1, 0.15) is 11.5 Å². The Bertz CT molecular complexity index is 1350. The monoisotopic (exact) mass is 489 g/mol. The van der Waals surface area contributed by atoms with E-state index >= 15 is 0 Å². The van der Waals surface area contributed by atoms with Crippen LogP contribution in [0.2, 0.25) is 0 Å². The second-order valence-corrected chi connectivity index (χ2v) is 7.95. The molecule has 36 heavy (non-hydrogen) atoms. The van der Waals surface area contributed by atoms with Gasteiger partial charge < -0.3 is 10.2 Å². The number of nitro benzene ring substituents is 1. The molecule has 0 aliphatic heterocycles. The maximum Gasteiger partial charge on any atom is 0.287 e. The zero-order valence-corrected chi connectivity index (χ0v) is 19.9. The molecule has 9 nitrogen and oxygen atoms in total. The number of amides is 2. The Labute approximate surface area is 207 Å². The molecular formula is C26H24FN5O4. The number of hydrogen-bond acceptors (Lipinski definition) is 6. The molecule has 3 aromatic carbocycles. The molecule has 0 atom stereocenters. The van der Waals surface area contributed by atoms with E-state index in [1.165, 1.54) is 42.5 Å². The van der Waals surface area contributed by atoms with Gasteiger partial charge in [-0.1, -0.05) is 30.3 Å². The Hall–Kier alpha value is -4.86. The number of hydrazone groups is 1. The van der Waals surface area contributed by atoms with E-state index in [1.54, 1.807) is 25.1 Å². The van der Waals surface area contributed by atoms with Crippen LogP contribution in [0, 0.1) is 15.9 Å². The highest BCUT2D eigenvalue weighted by molar-refractivity contribution is 6.06. The van der Waals surface area contributed by atoms with Crippen LogP contribution >= 0.6 is 0 Å². The van der Waals surface area contributed by atoms with Gasteiger partial charge in [0, 0.05) is 43.0 Å². The number of hydrogen-bond donors (Lipinski definition) is 2. The van der Waals surface area contributed by atoms with Crippen LogP contribution in [0.5, 0.6) is 0 Å². The van der Waals surface area contributed by atoms with Crippen molar-refractivity contribution in [2.75, 3.05) is 19.0 Å². The summed E-state index contributed by atoms with van der Waals surface area (Å²) >= 11 is 0. The van der Waals surface area contributed by atoms with Crippen LogP contribution in [0.4, 0.5) is 15.8 Å². The molecule has 0 fully saturated rings. The van der Waals surface area contributed by atoms with Crippen LogP contribution in [-0.4, -0.2) is 36.5 Å². The highest BCUT2D eigenvalue weighted by Crippen LogP contribution is 2.16. The van der Waals surface area contributed by atoms with Crippen LogP contribution in [0.1, 0.15) is 28.4 Å². The molecule has 0 saturated heterocycles. The fraction of sp³-hybridized carbons (Fsp3) is 0.115. The molecule has 2 N–H and O–H groups in total. The van der Waals surface area contributed by atoms with Gasteiger partial charge in [0.2, 0.25) is 0 Å². The van der Waals surface area contributed by atoms with E-state index < -0.39 is 22.6 Å². The highest BCUT2D eigenvalue weighted by atomic mass is 19.1. The van der Waals surface area contributed by atoms with Crippen molar-refractivity contribution in [1.82, 2.24) is 10.7 Å². The minimum atomic E-state index is -0.735. The molecule has 0 aromatic heterocycles. The van der Waals surface area contributed by atoms with E-state index in [0.717, 1.165) is 11.8 Å². The molecule has 3 rings (SSSR count). The standard InChI is InChI=1S/C26H24FN5O4/c1-17(19-6-5-9-23(16-19)32(35)36)29-30-26(34)24(14-18-10-12-22(13-11-18)31(2)3)28-25(33)20-7-4-8-21(27)15-20/h4-16H,1-3H3,(H,28,33)(H,30,34)/b24-14-,29-17-. The number of rotatable bonds is 8. The third kappa shape index (κ3) is 6.83. The van der Waals surface area contributed by atoms with Crippen LogP contribution in [0.3, 0.4) is 0 Å². The van der Waals surface area contributed by atoms with Gasteiger partial charge in [-0.15, -0.1) is 0 Å². The summed E-state index contributed by atoms with van der Waals surface area (Å²) in [7, 11) is 3.79. The van der Waals surface area contributed by atoms with Gasteiger partial charge in [0.15, 0.2) is 0 Å². The lowest BCUT2D eigenvalue weighted by Gasteiger charge is -2.13. The first-order valence-corrected chi connectivity index (χ1v) is 10.8. The third-order valence-corrected chi connectivity index (χ3v) is 5.10. The molecule has 0 aliphatic rings. The predicted molar refractivity (Wildman–Crippen MR) is 136 cm³/mol. The quantitative estimate of drug-likeness (QED) is 0.214. The topological polar surface area (TPSA) is 117 Å². The maximum absolute atomic E-state index is 13.6. The Kier molecular flexibility index (Phi) is 8.24. The van der Waals surface area contributed by atoms with Crippen molar-refractivity contribution in [1.29, 1.82) is 0 Å². The van der Waals surface area contributed by atoms with Crippen molar-refractivity contribution in [3.8, 4) is 0 Å². The third-order valence-electron chi connectivity index (χ3n) is 5.10. The van der Waals surface area contributed by atoms with Crippen molar-refractivity contribution in [3.05, 3.63) is 111 Å². The lowest BCUT2D eigenvalue weighted by Crippen LogP contribution is -2.33. The van der Waals surface area contributed by atoms with Gasteiger partial charge in [-0.2, -0.15) is 5.10 Å². The number of nitrogens with zero attached hydrogens (tertiary/aromatic N) is 3. The van der Waals surface area contributed by atoms with Gasteiger partial charge in [-0.05, 0) is 48.9 Å². The van der Waals surface area contributed by atoms with Gasteiger partial charge >= 0.3 is 0 Å². The minimum absolute atomic E-state index is 0.0351. The highest BCUT2D eigenvalue weighted by Gasteiger charge is 2.16. The summed E-state index contributed by atoms with van der Waals surface area (Å²) in [5.41, 5.74) is 4.49. The van der Waals surface area contributed by atoms with Crippen molar-refractivity contribution >= 4 is 35.0 Å². The van der Waals surface area contributed by atoms with Crippen molar-refractivity contribution < 1.29 is 18.9 Å². The first kappa shape index (κ1) is 25.8. The van der Waals surface area contributed by atoms with Crippen molar-refractivity contribution in [2.45, 2.75) is 6.92 Å². The second kappa shape index (κ2) is 11.5. The largest absolute Gasteiger partial charge is 0.378 e. The molecule has 0 spiro atoms. The number of carbonyl (C=O) groups excluding carboxylic acids is 2. The smallest absolute Gasteiger partial charge is 0.287 e. The van der Waals surface area contributed by atoms with Crippen LogP contribution < -0.4 is 15.6 Å². The van der Waals surface area contributed by atoms with Gasteiger partial charge in [0.25, 0.3) is 17.5 Å². The van der Waals surface area contributed by atoms with E-state index in [-0.39, 0.29) is 16.9 Å². The molecular weight excluding hydrogens is 465 g/mol. The van der Waals surface area contributed by atoms with Gasteiger partial charge in [0.05, 0.1) is 10.6 Å². The normalized spacial score (nSPS) is 11.6. The fourth-order valence-corrected chi connectivity index (χ4v) is 3.12. The zero-order valence-electron chi connectivity index (χ0n) is 19.9. The summed E-state index contributed by atoms with van der Waals surface area (Å²) in [5.74, 6) is -2.00. The summed E-state index contributed by atoms with van der Waals surface area (Å²) in [4.78, 5) is 38.1. The maximum atomic E-state index is 13.6. The molecule has 0 saturated carbocycles. The molecule has 184 valence electrons.